The first-order valence-corrected chi connectivity index (χ1v) is 8.31. The van der Waals surface area contributed by atoms with Crippen LogP contribution in [0, 0.1) is 5.92 Å². The lowest BCUT2D eigenvalue weighted by Gasteiger charge is -2.22. The summed E-state index contributed by atoms with van der Waals surface area (Å²) in [6, 6.07) is 14.0. The van der Waals surface area contributed by atoms with Gasteiger partial charge in [-0.15, -0.1) is 0 Å². The van der Waals surface area contributed by atoms with E-state index in [1.165, 1.54) is 18.4 Å². The van der Waals surface area contributed by atoms with Gasteiger partial charge < -0.3 is 14.8 Å². The Balaban J connectivity index is 1.50. The molecule has 0 bridgehead atoms. The zero-order chi connectivity index (χ0) is 15.7. The van der Waals surface area contributed by atoms with Crippen LogP contribution in [-0.4, -0.2) is 24.7 Å². The van der Waals surface area contributed by atoms with Crippen molar-refractivity contribution in [2.45, 2.75) is 26.0 Å². The SMILES string of the molecule is c1ccc(COc2ccccc2CNCC2CCCOC2)nc1. The molecule has 1 unspecified atom stereocenters. The van der Waals surface area contributed by atoms with Gasteiger partial charge in [0.1, 0.15) is 12.4 Å². The number of pyridine rings is 1. The fourth-order valence-corrected chi connectivity index (χ4v) is 2.81. The van der Waals surface area contributed by atoms with Gasteiger partial charge in [-0.2, -0.15) is 0 Å². The molecule has 1 N–H and O–H groups in total. The zero-order valence-electron chi connectivity index (χ0n) is 13.4. The third-order valence-corrected chi connectivity index (χ3v) is 4.08. The summed E-state index contributed by atoms with van der Waals surface area (Å²) in [7, 11) is 0. The standard InChI is InChI=1S/C19H24N2O2/c1-2-9-19(23-15-18-8-3-4-10-21-18)17(7-1)13-20-12-16-6-5-11-22-14-16/h1-4,7-10,16,20H,5-6,11-15H2. The van der Waals surface area contributed by atoms with Crippen LogP contribution < -0.4 is 10.1 Å². The van der Waals surface area contributed by atoms with Crippen molar-refractivity contribution in [2.75, 3.05) is 19.8 Å². The molecule has 1 aliphatic heterocycles. The van der Waals surface area contributed by atoms with Gasteiger partial charge in [-0.1, -0.05) is 24.3 Å². The Morgan fingerprint density at radius 3 is 2.91 bits per heavy atom. The Bertz CT molecular complexity index is 583. The molecule has 2 aromatic rings. The minimum atomic E-state index is 0.494. The molecule has 0 amide bonds. The van der Waals surface area contributed by atoms with E-state index in [2.05, 4.69) is 16.4 Å². The topological polar surface area (TPSA) is 43.4 Å². The summed E-state index contributed by atoms with van der Waals surface area (Å²) in [5, 5.41) is 3.53. The van der Waals surface area contributed by atoms with E-state index in [9.17, 15) is 0 Å². The van der Waals surface area contributed by atoms with E-state index in [0.717, 1.165) is 37.7 Å². The highest BCUT2D eigenvalue weighted by molar-refractivity contribution is 5.33. The Labute approximate surface area is 137 Å². The van der Waals surface area contributed by atoms with Gasteiger partial charge in [0.05, 0.1) is 12.3 Å². The molecular formula is C19H24N2O2. The summed E-state index contributed by atoms with van der Waals surface area (Å²) in [6.07, 6.45) is 4.22. The van der Waals surface area contributed by atoms with Crippen LogP contribution >= 0.6 is 0 Å². The van der Waals surface area contributed by atoms with Gasteiger partial charge >= 0.3 is 0 Å². The van der Waals surface area contributed by atoms with Crippen LogP contribution in [-0.2, 0) is 17.9 Å². The van der Waals surface area contributed by atoms with Crippen LogP contribution in [0.25, 0.3) is 0 Å². The molecule has 4 heteroatoms. The minimum absolute atomic E-state index is 0.494. The molecule has 1 atom stereocenters. The van der Waals surface area contributed by atoms with Crippen LogP contribution in [0.1, 0.15) is 24.1 Å². The number of rotatable bonds is 7. The molecule has 1 aromatic heterocycles. The summed E-state index contributed by atoms with van der Waals surface area (Å²) in [5.41, 5.74) is 2.12. The van der Waals surface area contributed by atoms with Gasteiger partial charge in [-0.25, -0.2) is 0 Å². The molecule has 0 aliphatic carbocycles. The van der Waals surface area contributed by atoms with Crippen LogP contribution in [0.5, 0.6) is 5.75 Å². The van der Waals surface area contributed by atoms with Crippen LogP contribution in [0.2, 0.25) is 0 Å². The maximum absolute atomic E-state index is 5.94. The Hall–Kier alpha value is -1.91. The molecule has 1 saturated heterocycles. The molecule has 23 heavy (non-hydrogen) atoms. The van der Waals surface area contributed by atoms with Gasteiger partial charge in [0.25, 0.3) is 0 Å². The van der Waals surface area contributed by atoms with E-state index in [0.29, 0.717) is 12.5 Å². The van der Waals surface area contributed by atoms with Gasteiger partial charge in [-0.05, 0) is 37.0 Å². The molecule has 0 saturated carbocycles. The Kier molecular flexibility index (Phi) is 6.01. The predicted octanol–water partition coefficient (Wildman–Crippen LogP) is 3.18. The van der Waals surface area contributed by atoms with Gasteiger partial charge in [-0.3, -0.25) is 4.98 Å². The first-order chi connectivity index (χ1) is 11.4. The van der Waals surface area contributed by atoms with Crippen LogP contribution in [0.15, 0.2) is 48.7 Å². The van der Waals surface area contributed by atoms with E-state index < -0.39 is 0 Å². The number of nitrogens with zero attached hydrogens (tertiary/aromatic N) is 1. The fraction of sp³-hybridized carbons (Fsp3) is 0.421. The molecule has 1 fully saturated rings. The van der Waals surface area contributed by atoms with E-state index in [4.69, 9.17) is 9.47 Å². The smallest absolute Gasteiger partial charge is 0.130 e. The van der Waals surface area contributed by atoms with Gasteiger partial charge in [0.15, 0.2) is 0 Å². The van der Waals surface area contributed by atoms with Crippen molar-refractivity contribution in [3.8, 4) is 5.75 Å². The van der Waals surface area contributed by atoms with Crippen molar-refractivity contribution in [3.05, 3.63) is 59.9 Å². The number of ether oxygens (including phenoxy) is 2. The number of benzene rings is 1. The predicted molar refractivity (Wildman–Crippen MR) is 90.3 cm³/mol. The lowest BCUT2D eigenvalue weighted by Crippen LogP contribution is -2.29. The Morgan fingerprint density at radius 2 is 2.09 bits per heavy atom. The van der Waals surface area contributed by atoms with E-state index >= 15 is 0 Å². The van der Waals surface area contributed by atoms with Gasteiger partial charge in [0, 0.05) is 31.5 Å². The lowest BCUT2D eigenvalue weighted by atomic mass is 10.0. The number of aromatic nitrogens is 1. The normalized spacial score (nSPS) is 17.8. The molecule has 1 aromatic carbocycles. The quantitative estimate of drug-likeness (QED) is 0.853. The third-order valence-electron chi connectivity index (χ3n) is 4.08. The van der Waals surface area contributed by atoms with Crippen molar-refractivity contribution >= 4 is 0 Å². The molecular weight excluding hydrogens is 288 g/mol. The summed E-state index contributed by atoms with van der Waals surface area (Å²) >= 11 is 0. The third kappa shape index (κ3) is 5.05. The fourth-order valence-electron chi connectivity index (χ4n) is 2.81. The molecule has 1 aliphatic rings. The highest BCUT2D eigenvalue weighted by Gasteiger charge is 2.13. The maximum Gasteiger partial charge on any atom is 0.130 e. The minimum Gasteiger partial charge on any atom is -0.487 e. The molecule has 122 valence electrons. The van der Waals surface area contributed by atoms with E-state index in [-0.39, 0.29) is 0 Å². The van der Waals surface area contributed by atoms with Crippen molar-refractivity contribution in [3.63, 3.8) is 0 Å². The summed E-state index contributed by atoms with van der Waals surface area (Å²) < 4.78 is 11.5. The molecule has 0 radical (unpaired) electrons. The van der Waals surface area contributed by atoms with Crippen molar-refractivity contribution < 1.29 is 9.47 Å². The van der Waals surface area contributed by atoms with Crippen LogP contribution in [0.3, 0.4) is 0 Å². The maximum atomic E-state index is 5.94. The summed E-state index contributed by atoms with van der Waals surface area (Å²) in [6.45, 7) is 4.10. The van der Waals surface area contributed by atoms with E-state index in [1.54, 1.807) is 6.20 Å². The first kappa shape index (κ1) is 16.0. The van der Waals surface area contributed by atoms with Crippen molar-refractivity contribution in [1.29, 1.82) is 0 Å². The Morgan fingerprint density at radius 1 is 1.17 bits per heavy atom. The average molecular weight is 312 g/mol. The lowest BCUT2D eigenvalue weighted by molar-refractivity contribution is 0.0547. The summed E-state index contributed by atoms with van der Waals surface area (Å²) in [4.78, 5) is 4.29. The number of hydrogen-bond acceptors (Lipinski definition) is 4. The molecule has 2 heterocycles. The molecule has 3 rings (SSSR count). The second kappa shape index (κ2) is 8.65. The van der Waals surface area contributed by atoms with E-state index in [1.807, 2.05) is 36.4 Å². The monoisotopic (exact) mass is 312 g/mol. The average Bonchev–Trinajstić information content (AvgIpc) is 2.63. The largest absolute Gasteiger partial charge is 0.487 e. The highest BCUT2D eigenvalue weighted by Crippen LogP contribution is 2.19. The van der Waals surface area contributed by atoms with Crippen molar-refractivity contribution in [2.24, 2.45) is 5.92 Å². The second-order valence-corrected chi connectivity index (χ2v) is 5.93. The second-order valence-electron chi connectivity index (χ2n) is 5.93. The highest BCUT2D eigenvalue weighted by atomic mass is 16.5. The van der Waals surface area contributed by atoms with Crippen LogP contribution in [0.4, 0.5) is 0 Å². The first-order valence-electron chi connectivity index (χ1n) is 8.31. The number of hydrogen-bond donors (Lipinski definition) is 1. The number of para-hydroxylation sites is 1. The summed E-state index contributed by atoms with van der Waals surface area (Å²) in [5.74, 6) is 1.55. The zero-order valence-corrected chi connectivity index (χ0v) is 13.4. The number of nitrogens with one attached hydrogen (secondary N) is 1. The molecule has 0 spiro atoms. The molecule has 4 nitrogen and oxygen atoms in total. The van der Waals surface area contributed by atoms with Gasteiger partial charge in [0.2, 0.25) is 0 Å². The van der Waals surface area contributed by atoms with Crippen molar-refractivity contribution in [1.82, 2.24) is 10.3 Å².